The van der Waals surface area contributed by atoms with Crippen molar-refractivity contribution in [3.8, 4) is 11.3 Å². The van der Waals surface area contributed by atoms with Crippen molar-refractivity contribution >= 4 is 34.9 Å². The summed E-state index contributed by atoms with van der Waals surface area (Å²) in [6, 6.07) is 6.69. The number of hydrogen-bond donors (Lipinski definition) is 2. The van der Waals surface area contributed by atoms with E-state index in [4.69, 9.17) is 27.7 Å². The van der Waals surface area contributed by atoms with E-state index in [9.17, 15) is 18.0 Å². The first-order valence-corrected chi connectivity index (χ1v) is 8.45. The number of hydrazine groups is 1. The molecular weight excluding hydrogens is 420 g/mol. The number of halogens is 5. The van der Waals surface area contributed by atoms with Crippen LogP contribution in [0, 0.1) is 6.92 Å². The molecule has 0 unspecified atom stereocenters. The molecule has 2 N–H and O–H groups in total. The molecule has 1 amide bonds. The highest BCUT2D eigenvalue weighted by Gasteiger charge is 2.34. The number of amides is 1. The first kappa shape index (κ1) is 20.0. The summed E-state index contributed by atoms with van der Waals surface area (Å²) in [5.41, 5.74) is 3.60. The summed E-state index contributed by atoms with van der Waals surface area (Å²) in [5, 5.41) is 4.27. The fraction of sp³-hybridized carbons (Fsp3) is 0.118. The number of nitrogens with zero attached hydrogens (tertiary/aromatic N) is 2. The van der Waals surface area contributed by atoms with Crippen LogP contribution in [-0.2, 0) is 6.18 Å². The molecule has 11 heteroatoms. The summed E-state index contributed by atoms with van der Waals surface area (Å²) in [5.74, 6) is -1.24. The smallest absolute Gasteiger partial charge is 0.360 e. The predicted octanol–water partition coefficient (Wildman–Crippen LogP) is 5.13. The number of rotatable bonds is 4. The van der Waals surface area contributed by atoms with Crippen molar-refractivity contribution in [1.82, 2.24) is 15.6 Å². The second-order valence-electron chi connectivity index (χ2n) is 5.54. The summed E-state index contributed by atoms with van der Waals surface area (Å²) in [6.45, 7) is 1.47. The molecule has 0 aliphatic carbocycles. The van der Waals surface area contributed by atoms with E-state index >= 15 is 0 Å². The van der Waals surface area contributed by atoms with E-state index in [0.29, 0.717) is 0 Å². The van der Waals surface area contributed by atoms with Crippen LogP contribution < -0.4 is 10.9 Å². The lowest BCUT2D eigenvalue weighted by Gasteiger charge is -2.14. The van der Waals surface area contributed by atoms with E-state index in [0.717, 1.165) is 18.3 Å². The quantitative estimate of drug-likeness (QED) is 0.561. The molecule has 0 atom stereocenters. The zero-order valence-electron chi connectivity index (χ0n) is 14.1. The van der Waals surface area contributed by atoms with Crippen LogP contribution in [0.4, 0.5) is 19.0 Å². The fourth-order valence-corrected chi connectivity index (χ4v) is 3.02. The third-order valence-electron chi connectivity index (χ3n) is 3.70. The average molecular weight is 431 g/mol. The second-order valence-corrected chi connectivity index (χ2v) is 6.35. The van der Waals surface area contributed by atoms with E-state index in [1.165, 1.54) is 6.92 Å². The highest BCUT2D eigenvalue weighted by Crippen LogP contribution is 2.37. The van der Waals surface area contributed by atoms with E-state index < -0.39 is 23.5 Å². The van der Waals surface area contributed by atoms with Gasteiger partial charge >= 0.3 is 6.18 Å². The van der Waals surface area contributed by atoms with Crippen molar-refractivity contribution in [1.29, 1.82) is 0 Å². The molecule has 0 bridgehead atoms. The van der Waals surface area contributed by atoms with Gasteiger partial charge in [0.25, 0.3) is 5.91 Å². The number of carbonyl (C=O) groups is 1. The van der Waals surface area contributed by atoms with Crippen molar-refractivity contribution in [2.45, 2.75) is 13.1 Å². The predicted molar refractivity (Wildman–Crippen MR) is 97.0 cm³/mol. The molecule has 0 radical (unpaired) electrons. The molecule has 3 aromatic rings. The number of pyridine rings is 1. The number of anilines is 1. The lowest BCUT2D eigenvalue weighted by Crippen LogP contribution is -2.31. The summed E-state index contributed by atoms with van der Waals surface area (Å²) < 4.78 is 44.2. The van der Waals surface area contributed by atoms with Gasteiger partial charge in [0.15, 0.2) is 5.82 Å². The summed E-state index contributed by atoms with van der Waals surface area (Å²) in [7, 11) is 0. The van der Waals surface area contributed by atoms with Gasteiger partial charge in [-0.25, -0.2) is 4.98 Å². The Morgan fingerprint density at radius 1 is 1.14 bits per heavy atom. The molecule has 2 aromatic heterocycles. The zero-order chi connectivity index (χ0) is 20.5. The lowest BCUT2D eigenvalue weighted by atomic mass is 10.1. The molecule has 0 spiro atoms. The number of carbonyl (C=O) groups excluding carboxylic acids is 1. The van der Waals surface area contributed by atoms with Gasteiger partial charge in [0.05, 0.1) is 15.6 Å². The first-order valence-electron chi connectivity index (χ1n) is 7.69. The fourth-order valence-electron chi connectivity index (χ4n) is 2.45. The maximum absolute atomic E-state index is 13.0. The molecule has 0 fully saturated rings. The molecule has 0 aliphatic heterocycles. The van der Waals surface area contributed by atoms with Crippen LogP contribution in [0.3, 0.4) is 0 Å². The Morgan fingerprint density at radius 3 is 2.46 bits per heavy atom. The molecule has 3 rings (SSSR count). The average Bonchev–Trinajstić information content (AvgIpc) is 3.00. The van der Waals surface area contributed by atoms with Crippen LogP contribution in [0.15, 0.2) is 41.1 Å². The highest BCUT2D eigenvalue weighted by molar-refractivity contribution is 6.39. The van der Waals surface area contributed by atoms with Crippen LogP contribution in [0.1, 0.15) is 21.7 Å². The van der Waals surface area contributed by atoms with Crippen molar-refractivity contribution in [3.63, 3.8) is 0 Å². The topological polar surface area (TPSA) is 80.0 Å². The minimum absolute atomic E-state index is 0.0352. The normalized spacial score (nSPS) is 11.4. The molecule has 1 aromatic carbocycles. The third-order valence-corrected chi connectivity index (χ3v) is 4.33. The Kier molecular flexibility index (Phi) is 5.48. The van der Waals surface area contributed by atoms with Crippen molar-refractivity contribution in [3.05, 3.63) is 63.5 Å². The monoisotopic (exact) mass is 430 g/mol. The van der Waals surface area contributed by atoms with Crippen LogP contribution in [0.5, 0.6) is 0 Å². The number of benzene rings is 1. The second kappa shape index (κ2) is 7.69. The molecule has 0 saturated carbocycles. The number of nitrogens with one attached hydrogen (secondary N) is 2. The van der Waals surface area contributed by atoms with Gasteiger partial charge in [-0.3, -0.25) is 15.6 Å². The third kappa shape index (κ3) is 3.90. The molecule has 6 nitrogen and oxygen atoms in total. The first-order chi connectivity index (χ1) is 13.2. The largest absolute Gasteiger partial charge is 0.420 e. The van der Waals surface area contributed by atoms with Gasteiger partial charge < -0.3 is 4.52 Å². The lowest BCUT2D eigenvalue weighted by molar-refractivity contribution is -0.137. The van der Waals surface area contributed by atoms with Crippen LogP contribution >= 0.6 is 23.2 Å². The summed E-state index contributed by atoms with van der Waals surface area (Å²) in [4.78, 5) is 16.2. The number of alkyl halides is 3. The minimum Gasteiger partial charge on any atom is -0.360 e. The van der Waals surface area contributed by atoms with Crippen LogP contribution in [0.25, 0.3) is 11.3 Å². The van der Waals surface area contributed by atoms with Gasteiger partial charge in [-0.05, 0) is 31.2 Å². The Bertz CT molecular complexity index is 1020. The SMILES string of the molecule is Cc1onc(-c2c(Cl)cccc2Cl)c1C(=O)NNc1ncccc1C(F)(F)F. The zero-order valence-corrected chi connectivity index (χ0v) is 15.6. The Hall–Kier alpha value is -2.78. The minimum atomic E-state index is -4.65. The molecule has 0 aliphatic rings. The molecule has 146 valence electrons. The Labute approximate surface area is 166 Å². The van der Waals surface area contributed by atoms with Crippen molar-refractivity contribution in [2.24, 2.45) is 0 Å². The van der Waals surface area contributed by atoms with Gasteiger partial charge in [0.2, 0.25) is 0 Å². The van der Waals surface area contributed by atoms with Gasteiger partial charge in [-0.2, -0.15) is 13.2 Å². The number of aryl methyl sites for hydroxylation is 1. The van der Waals surface area contributed by atoms with Gasteiger partial charge in [-0.1, -0.05) is 34.4 Å². The molecule has 2 heterocycles. The summed E-state index contributed by atoms with van der Waals surface area (Å²) >= 11 is 12.3. The maximum Gasteiger partial charge on any atom is 0.420 e. The van der Waals surface area contributed by atoms with E-state index in [1.54, 1.807) is 18.2 Å². The maximum atomic E-state index is 13.0. The van der Waals surface area contributed by atoms with E-state index in [2.05, 4.69) is 21.0 Å². The number of hydrogen-bond acceptors (Lipinski definition) is 5. The van der Waals surface area contributed by atoms with E-state index in [-0.39, 0.29) is 32.6 Å². The van der Waals surface area contributed by atoms with Crippen molar-refractivity contribution in [2.75, 3.05) is 5.43 Å². The highest BCUT2D eigenvalue weighted by atomic mass is 35.5. The van der Waals surface area contributed by atoms with Crippen LogP contribution in [0.2, 0.25) is 10.0 Å². The Balaban J connectivity index is 1.91. The van der Waals surface area contributed by atoms with Gasteiger partial charge in [0.1, 0.15) is 17.0 Å². The van der Waals surface area contributed by atoms with Gasteiger partial charge in [-0.15, -0.1) is 0 Å². The van der Waals surface area contributed by atoms with E-state index in [1.807, 2.05) is 0 Å². The summed E-state index contributed by atoms with van der Waals surface area (Å²) in [6.07, 6.45) is -3.49. The standard InChI is InChI=1S/C17H11Cl2F3N4O2/c1-8-12(14(26-28-8)13-10(18)5-2-6-11(13)19)16(27)25-24-15-9(17(20,21)22)4-3-7-23-15/h2-7H,1H3,(H,23,24)(H,25,27). The molecular formula is C17H11Cl2F3N4O2. The molecule has 28 heavy (non-hydrogen) atoms. The molecule has 0 saturated heterocycles. The van der Waals surface area contributed by atoms with Crippen LogP contribution in [-0.4, -0.2) is 16.0 Å². The number of aromatic nitrogens is 2. The Morgan fingerprint density at radius 2 is 1.82 bits per heavy atom. The van der Waals surface area contributed by atoms with Gasteiger partial charge in [0, 0.05) is 11.8 Å². The van der Waals surface area contributed by atoms with Crippen molar-refractivity contribution < 1.29 is 22.5 Å².